The smallest absolute Gasteiger partial charge is 0.0721 e. The molecule has 1 nitrogen and oxygen atoms in total. The number of hydrogen-bond acceptors (Lipinski definition) is 1. The zero-order valence-corrected chi connectivity index (χ0v) is 10.2. The van der Waals surface area contributed by atoms with E-state index >= 15 is 0 Å². The largest absolute Gasteiger partial charge is 0.372 e. The van der Waals surface area contributed by atoms with Gasteiger partial charge in [-0.15, -0.1) is 0 Å². The van der Waals surface area contributed by atoms with Gasteiger partial charge in [0, 0.05) is 0 Å². The molecule has 0 bridgehead atoms. The van der Waals surface area contributed by atoms with Crippen LogP contribution in [0.1, 0.15) is 25.8 Å². The van der Waals surface area contributed by atoms with Crippen molar-refractivity contribution in [3.8, 4) is 0 Å². The van der Waals surface area contributed by atoms with E-state index in [4.69, 9.17) is 4.74 Å². The Bertz CT molecular complexity index is 345. The lowest BCUT2D eigenvalue weighted by molar-refractivity contribution is 0.142. The Morgan fingerprint density at radius 1 is 1.25 bits per heavy atom. The summed E-state index contributed by atoms with van der Waals surface area (Å²) in [5.41, 5.74) is 3.65. The first-order valence-electron chi connectivity index (χ1n) is 5.60. The second-order valence-corrected chi connectivity index (χ2v) is 4.21. The number of allylic oxidation sites excluding steroid dienone is 2. The van der Waals surface area contributed by atoms with Crippen molar-refractivity contribution >= 4 is 0 Å². The summed E-state index contributed by atoms with van der Waals surface area (Å²) in [5, 5.41) is 0. The van der Waals surface area contributed by atoms with Crippen molar-refractivity contribution < 1.29 is 4.74 Å². The second-order valence-electron chi connectivity index (χ2n) is 4.21. The summed E-state index contributed by atoms with van der Waals surface area (Å²) >= 11 is 0. The Morgan fingerprint density at radius 3 is 2.56 bits per heavy atom. The minimum absolute atomic E-state index is 0.638. The zero-order valence-electron chi connectivity index (χ0n) is 10.2. The molecule has 0 heterocycles. The average molecular weight is 216 g/mol. The molecule has 0 N–H and O–H groups in total. The summed E-state index contributed by atoms with van der Waals surface area (Å²) in [4.78, 5) is 0. The van der Waals surface area contributed by atoms with Crippen LogP contribution in [-0.4, -0.2) is 6.61 Å². The molecule has 0 atom stereocenters. The van der Waals surface area contributed by atoms with Gasteiger partial charge in [-0.2, -0.15) is 0 Å². The third kappa shape index (κ3) is 5.52. The normalized spacial score (nSPS) is 9.88. The van der Waals surface area contributed by atoms with E-state index in [-0.39, 0.29) is 0 Å². The molecule has 0 saturated carbocycles. The Labute approximate surface area is 98.5 Å². The van der Waals surface area contributed by atoms with Crippen molar-refractivity contribution in [2.24, 2.45) is 0 Å². The van der Waals surface area contributed by atoms with Crippen molar-refractivity contribution in [2.45, 2.75) is 26.9 Å². The molecule has 0 aliphatic carbocycles. The topological polar surface area (TPSA) is 9.23 Å². The van der Waals surface area contributed by atoms with Crippen LogP contribution in [-0.2, 0) is 11.3 Å². The molecule has 86 valence electrons. The first-order valence-corrected chi connectivity index (χ1v) is 5.60. The van der Waals surface area contributed by atoms with Crippen molar-refractivity contribution in [3.63, 3.8) is 0 Å². The summed E-state index contributed by atoms with van der Waals surface area (Å²) < 4.78 is 5.58. The monoisotopic (exact) mass is 216 g/mol. The highest BCUT2D eigenvalue weighted by Gasteiger charge is 1.94. The number of benzene rings is 1. The molecule has 0 fully saturated rings. The summed E-state index contributed by atoms with van der Waals surface area (Å²) in [7, 11) is 0. The molecule has 0 unspecified atom stereocenters. The Hall–Kier alpha value is -1.34. The Morgan fingerprint density at radius 2 is 1.94 bits per heavy atom. The van der Waals surface area contributed by atoms with Gasteiger partial charge in [0.15, 0.2) is 0 Å². The maximum atomic E-state index is 5.58. The molecule has 0 aliphatic rings. The highest BCUT2D eigenvalue weighted by molar-refractivity contribution is 5.13. The van der Waals surface area contributed by atoms with E-state index in [2.05, 4.69) is 38.6 Å². The minimum atomic E-state index is 0.638. The summed E-state index contributed by atoms with van der Waals surface area (Å²) in [6.45, 7) is 9.48. The molecule has 1 rings (SSSR count). The Kier molecular flexibility index (Phi) is 5.58. The van der Waals surface area contributed by atoms with E-state index in [1.807, 2.05) is 18.2 Å². The van der Waals surface area contributed by atoms with Gasteiger partial charge in [0.25, 0.3) is 0 Å². The van der Waals surface area contributed by atoms with Crippen LogP contribution >= 0.6 is 0 Å². The van der Waals surface area contributed by atoms with Crippen LogP contribution in [0.2, 0.25) is 0 Å². The van der Waals surface area contributed by atoms with Crippen LogP contribution in [0.4, 0.5) is 0 Å². The predicted octanol–water partition coefficient (Wildman–Crippen LogP) is 4.12. The molecule has 0 aromatic heterocycles. The molecule has 1 aromatic rings. The molecule has 1 aromatic carbocycles. The number of ether oxygens (including phenoxy) is 1. The summed E-state index contributed by atoms with van der Waals surface area (Å²) in [6, 6.07) is 10.2. The quantitative estimate of drug-likeness (QED) is 0.650. The molecule has 0 aliphatic heterocycles. The predicted molar refractivity (Wildman–Crippen MR) is 69.3 cm³/mol. The SMILES string of the molecule is C=C(CC=C(C)C)COCc1ccccc1. The van der Waals surface area contributed by atoms with Crippen molar-refractivity contribution in [1.82, 2.24) is 0 Å². The fourth-order valence-electron chi connectivity index (χ4n) is 1.29. The molecular weight excluding hydrogens is 196 g/mol. The molecule has 0 amide bonds. The molecule has 16 heavy (non-hydrogen) atoms. The van der Waals surface area contributed by atoms with Crippen molar-refractivity contribution in [1.29, 1.82) is 0 Å². The van der Waals surface area contributed by atoms with Crippen molar-refractivity contribution in [2.75, 3.05) is 6.61 Å². The fourth-order valence-corrected chi connectivity index (χ4v) is 1.29. The standard InChI is InChI=1S/C15H20O/c1-13(2)9-10-14(3)11-16-12-15-7-5-4-6-8-15/h4-9H,3,10-12H2,1-2H3. The van der Waals surface area contributed by atoms with Crippen LogP contribution in [0.5, 0.6) is 0 Å². The van der Waals surface area contributed by atoms with Crippen LogP contribution < -0.4 is 0 Å². The van der Waals surface area contributed by atoms with E-state index in [1.165, 1.54) is 11.1 Å². The fraction of sp³-hybridized carbons (Fsp3) is 0.333. The lowest BCUT2D eigenvalue weighted by Gasteiger charge is -2.05. The molecule has 0 radical (unpaired) electrons. The number of rotatable bonds is 6. The van der Waals surface area contributed by atoms with Crippen LogP contribution in [0.3, 0.4) is 0 Å². The maximum Gasteiger partial charge on any atom is 0.0721 e. The summed E-state index contributed by atoms with van der Waals surface area (Å²) in [6.07, 6.45) is 3.09. The third-order valence-electron chi connectivity index (χ3n) is 2.22. The highest BCUT2D eigenvalue weighted by Crippen LogP contribution is 2.06. The van der Waals surface area contributed by atoms with Gasteiger partial charge in [0.05, 0.1) is 13.2 Å². The van der Waals surface area contributed by atoms with E-state index in [0.29, 0.717) is 13.2 Å². The highest BCUT2D eigenvalue weighted by atomic mass is 16.5. The average Bonchev–Trinajstić information content (AvgIpc) is 2.28. The van der Waals surface area contributed by atoms with Gasteiger partial charge in [-0.05, 0) is 31.4 Å². The van der Waals surface area contributed by atoms with Gasteiger partial charge in [-0.3, -0.25) is 0 Å². The van der Waals surface area contributed by atoms with Gasteiger partial charge < -0.3 is 4.74 Å². The van der Waals surface area contributed by atoms with Crippen LogP contribution in [0.15, 0.2) is 54.1 Å². The maximum absolute atomic E-state index is 5.58. The minimum Gasteiger partial charge on any atom is -0.372 e. The molecule has 0 saturated heterocycles. The number of hydrogen-bond donors (Lipinski definition) is 0. The van der Waals surface area contributed by atoms with E-state index in [1.54, 1.807) is 0 Å². The zero-order chi connectivity index (χ0) is 11.8. The Balaban J connectivity index is 2.21. The van der Waals surface area contributed by atoms with Crippen molar-refractivity contribution in [3.05, 3.63) is 59.7 Å². The third-order valence-corrected chi connectivity index (χ3v) is 2.22. The molecule has 0 spiro atoms. The van der Waals surface area contributed by atoms with E-state index in [9.17, 15) is 0 Å². The summed E-state index contributed by atoms with van der Waals surface area (Å²) in [5.74, 6) is 0. The van der Waals surface area contributed by atoms with E-state index < -0.39 is 0 Å². The molecular formula is C15H20O. The van der Waals surface area contributed by atoms with E-state index in [0.717, 1.165) is 12.0 Å². The first kappa shape index (κ1) is 12.7. The second kappa shape index (κ2) is 7.02. The molecule has 1 heteroatoms. The lowest BCUT2D eigenvalue weighted by Crippen LogP contribution is -1.97. The van der Waals surface area contributed by atoms with Crippen LogP contribution in [0.25, 0.3) is 0 Å². The van der Waals surface area contributed by atoms with Gasteiger partial charge in [0.2, 0.25) is 0 Å². The van der Waals surface area contributed by atoms with Gasteiger partial charge in [-0.1, -0.05) is 48.6 Å². The lowest BCUT2D eigenvalue weighted by atomic mass is 10.2. The van der Waals surface area contributed by atoms with Gasteiger partial charge >= 0.3 is 0 Å². The first-order chi connectivity index (χ1) is 7.68. The van der Waals surface area contributed by atoms with Gasteiger partial charge in [0.1, 0.15) is 0 Å². The van der Waals surface area contributed by atoms with Crippen LogP contribution in [0, 0.1) is 0 Å². The van der Waals surface area contributed by atoms with Gasteiger partial charge in [-0.25, -0.2) is 0 Å².